The normalized spacial score (nSPS) is 17.3. The molecule has 2 fully saturated rings. The molecule has 32 heavy (non-hydrogen) atoms. The number of carbonyl (C=O) groups is 1. The van der Waals surface area contributed by atoms with E-state index in [0.717, 1.165) is 37.8 Å². The lowest BCUT2D eigenvalue weighted by atomic mass is 10.2. The summed E-state index contributed by atoms with van der Waals surface area (Å²) in [5.74, 6) is 2.96. The molecule has 2 aliphatic heterocycles. The molecule has 2 aromatic rings. The Hall–Kier alpha value is -3.27. The van der Waals surface area contributed by atoms with Crippen molar-refractivity contribution in [3.8, 4) is 11.5 Å². The molecule has 1 N–H and O–H groups in total. The molecule has 0 spiro atoms. The highest BCUT2D eigenvalue weighted by molar-refractivity contribution is 5.91. The Morgan fingerprint density at radius 3 is 2.12 bits per heavy atom. The van der Waals surface area contributed by atoms with Gasteiger partial charge in [-0.1, -0.05) is 6.07 Å². The summed E-state index contributed by atoms with van der Waals surface area (Å²) in [6, 6.07) is 7.32. The van der Waals surface area contributed by atoms with Crippen LogP contribution in [0.1, 0.15) is 0 Å². The molecule has 10 heteroatoms. The number of para-hydroxylation sites is 1. The van der Waals surface area contributed by atoms with Gasteiger partial charge in [-0.2, -0.15) is 0 Å². The largest absolute Gasteiger partial charge is 0.493 e. The maximum Gasteiger partial charge on any atom is 0.322 e. The molecular formula is C22H31N7O3. The van der Waals surface area contributed by atoms with E-state index in [1.54, 1.807) is 37.6 Å². The summed E-state index contributed by atoms with van der Waals surface area (Å²) >= 11 is 0. The fourth-order valence-electron chi connectivity index (χ4n) is 4.04. The average Bonchev–Trinajstić information content (AvgIpc) is 2.84. The van der Waals surface area contributed by atoms with Crippen molar-refractivity contribution in [2.75, 3.05) is 88.7 Å². The van der Waals surface area contributed by atoms with Crippen molar-refractivity contribution < 1.29 is 14.3 Å². The minimum Gasteiger partial charge on any atom is -0.493 e. The van der Waals surface area contributed by atoms with Crippen LogP contribution in [0.5, 0.6) is 11.5 Å². The maximum absolute atomic E-state index is 12.8. The Labute approximate surface area is 188 Å². The van der Waals surface area contributed by atoms with Gasteiger partial charge in [0.05, 0.1) is 19.9 Å². The Morgan fingerprint density at radius 1 is 0.906 bits per heavy atom. The van der Waals surface area contributed by atoms with Crippen LogP contribution in [0, 0.1) is 0 Å². The highest BCUT2D eigenvalue weighted by Crippen LogP contribution is 2.34. The molecule has 2 amide bonds. The number of anilines is 3. The lowest BCUT2D eigenvalue weighted by Gasteiger charge is -2.36. The van der Waals surface area contributed by atoms with Crippen LogP contribution in [0.4, 0.5) is 22.1 Å². The third-order valence-corrected chi connectivity index (χ3v) is 6.00. The Balaban J connectivity index is 1.35. The molecule has 4 rings (SSSR count). The number of hydrogen-bond acceptors (Lipinski definition) is 8. The molecule has 0 saturated carbocycles. The lowest BCUT2D eigenvalue weighted by Crippen LogP contribution is -2.50. The van der Waals surface area contributed by atoms with Crippen molar-refractivity contribution in [1.82, 2.24) is 19.8 Å². The SMILES string of the molecule is COc1cccc(NC(=O)N2CCN(c3cc(N4CCN(C)CC4)ncn3)CC2)c1OC. The molecule has 1 aromatic heterocycles. The molecule has 2 aliphatic rings. The molecule has 0 bridgehead atoms. The molecule has 0 atom stereocenters. The molecule has 0 aliphatic carbocycles. The van der Waals surface area contributed by atoms with Crippen molar-refractivity contribution in [1.29, 1.82) is 0 Å². The monoisotopic (exact) mass is 441 g/mol. The summed E-state index contributed by atoms with van der Waals surface area (Å²) in [7, 11) is 5.28. The van der Waals surface area contributed by atoms with Gasteiger partial charge in [-0.15, -0.1) is 0 Å². The number of aromatic nitrogens is 2. The number of carbonyl (C=O) groups excluding carboxylic acids is 1. The number of likely N-dealkylation sites (N-methyl/N-ethyl adjacent to an activating group) is 1. The van der Waals surface area contributed by atoms with Gasteiger partial charge in [0.15, 0.2) is 11.5 Å². The first-order chi connectivity index (χ1) is 15.6. The van der Waals surface area contributed by atoms with Gasteiger partial charge in [0.2, 0.25) is 0 Å². The van der Waals surface area contributed by atoms with Crippen molar-refractivity contribution in [3.05, 3.63) is 30.6 Å². The van der Waals surface area contributed by atoms with Gasteiger partial charge in [0.1, 0.15) is 18.0 Å². The van der Waals surface area contributed by atoms with Gasteiger partial charge in [-0.05, 0) is 19.2 Å². The second-order valence-electron chi connectivity index (χ2n) is 7.97. The Morgan fingerprint density at radius 2 is 1.53 bits per heavy atom. The zero-order chi connectivity index (χ0) is 22.5. The van der Waals surface area contributed by atoms with Crippen LogP contribution in [0.2, 0.25) is 0 Å². The average molecular weight is 442 g/mol. The minimum atomic E-state index is -0.156. The lowest BCUT2D eigenvalue weighted by molar-refractivity contribution is 0.208. The van der Waals surface area contributed by atoms with Crippen molar-refractivity contribution in [3.63, 3.8) is 0 Å². The number of nitrogens with one attached hydrogen (secondary N) is 1. The minimum absolute atomic E-state index is 0.156. The van der Waals surface area contributed by atoms with Gasteiger partial charge >= 0.3 is 6.03 Å². The molecule has 172 valence electrons. The molecule has 2 saturated heterocycles. The van der Waals surface area contributed by atoms with Gasteiger partial charge in [0.25, 0.3) is 0 Å². The second-order valence-corrected chi connectivity index (χ2v) is 7.97. The quantitative estimate of drug-likeness (QED) is 0.749. The van der Waals surface area contributed by atoms with E-state index in [9.17, 15) is 4.79 Å². The molecule has 1 aromatic carbocycles. The van der Waals surface area contributed by atoms with Crippen molar-refractivity contribution in [2.24, 2.45) is 0 Å². The van der Waals surface area contributed by atoms with Crippen molar-refractivity contribution >= 4 is 23.4 Å². The van der Waals surface area contributed by atoms with E-state index in [1.807, 2.05) is 6.07 Å². The first-order valence-corrected chi connectivity index (χ1v) is 10.9. The van der Waals surface area contributed by atoms with Gasteiger partial charge in [0, 0.05) is 58.4 Å². The number of nitrogens with zero attached hydrogens (tertiary/aromatic N) is 6. The predicted octanol–water partition coefficient (Wildman–Crippen LogP) is 1.60. The molecule has 3 heterocycles. The highest BCUT2D eigenvalue weighted by Gasteiger charge is 2.24. The number of rotatable bonds is 5. The van der Waals surface area contributed by atoms with E-state index >= 15 is 0 Å². The van der Waals surface area contributed by atoms with E-state index in [2.05, 4.69) is 43.1 Å². The number of methoxy groups -OCH3 is 2. The van der Waals surface area contributed by atoms with Crippen LogP contribution in [0.25, 0.3) is 0 Å². The van der Waals surface area contributed by atoms with Gasteiger partial charge in [-0.25, -0.2) is 14.8 Å². The third-order valence-electron chi connectivity index (χ3n) is 6.00. The van der Waals surface area contributed by atoms with E-state index in [1.165, 1.54) is 0 Å². The number of ether oxygens (including phenoxy) is 2. The van der Waals surface area contributed by atoms with Crippen LogP contribution >= 0.6 is 0 Å². The van der Waals surface area contributed by atoms with Crippen LogP contribution in [-0.4, -0.2) is 99.4 Å². The molecular weight excluding hydrogens is 410 g/mol. The number of hydrogen-bond donors (Lipinski definition) is 1. The summed E-state index contributed by atoms with van der Waals surface area (Å²) in [6.45, 7) is 6.63. The summed E-state index contributed by atoms with van der Waals surface area (Å²) < 4.78 is 10.7. The first kappa shape index (κ1) is 21.9. The Kier molecular flexibility index (Phi) is 6.79. The number of piperazine rings is 2. The van der Waals surface area contributed by atoms with Crippen LogP contribution in [-0.2, 0) is 0 Å². The predicted molar refractivity (Wildman–Crippen MR) is 124 cm³/mol. The van der Waals surface area contributed by atoms with Crippen molar-refractivity contribution in [2.45, 2.75) is 0 Å². The van der Waals surface area contributed by atoms with E-state index < -0.39 is 0 Å². The second kappa shape index (κ2) is 9.90. The summed E-state index contributed by atoms with van der Waals surface area (Å²) in [5.41, 5.74) is 0.590. The van der Waals surface area contributed by atoms with Crippen LogP contribution in [0.3, 0.4) is 0 Å². The summed E-state index contributed by atoms with van der Waals surface area (Å²) in [6.07, 6.45) is 1.64. The maximum atomic E-state index is 12.8. The standard InChI is InChI=1S/C22H31N7O3/c1-26-7-9-27(10-8-26)19-15-20(24-16-23-19)28-11-13-29(14-12-28)22(30)25-17-5-4-6-18(31-2)21(17)32-3/h4-6,15-16H,7-14H2,1-3H3,(H,25,30). The molecule has 0 radical (unpaired) electrons. The first-order valence-electron chi connectivity index (χ1n) is 10.9. The summed E-state index contributed by atoms with van der Waals surface area (Å²) in [4.78, 5) is 30.4. The highest BCUT2D eigenvalue weighted by atomic mass is 16.5. The zero-order valence-electron chi connectivity index (χ0n) is 19.0. The van der Waals surface area contributed by atoms with E-state index in [-0.39, 0.29) is 6.03 Å². The number of benzene rings is 1. The number of amides is 2. The molecule has 0 unspecified atom stereocenters. The van der Waals surface area contributed by atoms with E-state index in [4.69, 9.17) is 9.47 Å². The fraction of sp³-hybridized carbons (Fsp3) is 0.500. The Bertz CT molecular complexity index is 925. The summed E-state index contributed by atoms with van der Waals surface area (Å²) in [5, 5.41) is 2.94. The van der Waals surface area contributed by atoms with E-state index in [0.29, 0.717) is 43.4 Å². The van der Waals surface area contributed by atoms with Gasteiger partial charge in [-0.3, -0.25) is 0 Å². The number of urea groups is 1. The van der Waals surface area contributed by atoms with Crippen LogP contribution in [0.15, 0.2) is 30.6 Å². The fourth-order valence-corrected chi connectivity index (χ4v) is 4.04. The zero-order valence-corrected chi connectivity index (χ0v) is 19.0. The molecule has 10 nitrogen and oxygen atoms in total. The smallest absolute Gasteiger partial charge is 0.322 e. The third kappa shape index (κ3) is 4.80. The topological polar surface area (TPSA) is 86.3 Å². The van der Waals surface area contributed by atoms with Gasteiger partial charge < -0.3 is 34.4 Å². The van der Waals surface area contributed by atoms with Crippen LogP contribution < -0.4 is 24.6 Å².